The van der Waals surface area contributed by atoms with E-state index in [9.17, 15) is 4.79 Å². The van der Waals surface area contributed by atoms with Crippen LogP contribution >= 0.6 is 11.3 Å². The van der Waals surface area contributed by atoms with Crippen LogP contribution in [-0.4, -0.2) is 23.1 Å². The quantitative estimate of drug-likeness (QED) is 0.253. The van der Waals surface area contributed by atoms with Gasteiger partial charge in [-0.3, -0.25) is 9.79 Å². The number of nitrogens with zero attached hydrogens (tertiary/aromatic N) is 2. The Hall–Kier alpha value is -3.31. The minimum Gasteiger partial charge on any atom is -0.320 e. The third-order valence-electron chi connectivity index (χ3n) is 5.31. The molecule has 0 spiro atoms. The number of aryl methyl sites for hydroxylation is 2. The number of aromatic nitrogens is 1. The summed E-state index contributed by atoms with van der Waals surface area (Å²) in [7, 11) is 0. The first kappa shape index (κ1) is 21.9. The Bertz CT molecular complexity index is 1260. The average Bonchev–Trinajstić information content (AvgIpc) is 3.15. The third kappa shape index (κ3) is 4.63. The van der Waals surface area contributed by atoms with E-state index in [1.165, 1.54) is 0 Å². The van der Waals surface area contributed by atoms with Gasteiger partial charge in [-0.15, -0.1) is 11.3 Å². The van der Waals surface area contributed by atoms with Crippen molar-refractivity contribution in [2.75, 3.05) is 11.9 Å². The Morgan fingerprint density at radius 1 is 1.00 bits per heavy atom. The zero-order valence-corrected chi connectivity index (χ0v) is 19.5. The molecule has 2 aromatic heterocycles. The second-order valence-corrected chi connectivity index (χ2v) is 8.84. The van der Waals surface area contributed by atoms with Gasteiger partial charge in [0.05, 0.1) is 16.3 Å². The van der Waals surface area contributed by atoms with Crippen molar-refractivity contribution in [1.82, 2.24) is 4.98 Å². The highest BCUT2D eigenvalue weighted by atomic mass is 32.1. The minimum absolute atomic E-state index is 0.132. The number of benzene rings is 2. The first-order valence-corrected chi connectivity index (χ1v) is 11.8. The number of carbonyl (C=O) groups is 1. The summed E-state index contributed by atoms with van der Waals surface area (Å²) in [5, 5.41) is 4.19. The molecule has 1 amide bonds. The van der Waals surface area contributed by atoms with Crippen molar-refractivity contribution in [3.63, 3.8) is 0 Å². The van der Waals surface area contributed by atoms with Crippen LogP contribution in [0.3, 0.4) is 0 Å². The zero-order chi connectivity index (χ0) is 22.5. The van der Waals surface area contributed by atoms with E-state index >= 15 is 0 Å². The Kier molecular flexibility index (Phi) is 6.76. The largest absolute Gasteiger partial charge is 0.320 e. The predicted octanol–water partition coefficient (Wildman–Crippen LogP) is 6.80. The lowest BCUT2D eigenvalue weighted by Gasteiger charge is -2.11. The summed E-state index contributed by atoms with van der Waals surface area (Å²) in [6.07, 6.45) is 2.10. The number of thiophene rings is 1. The molecule has 0 radical (unpaired) electrons. The molecule has 0 unspecified atom stereocenters. The molecule has 2 heterocycles. The summed E-state index contributed by atoms with van der Waals surface area (Å²) in [5.41, 5.74) is 5.43. The minimum atomic E-state index is -0.132. The van der Waals surface area contributed by atoms with Crippen molar-refractivity contribution in [3.8, 4) is 0 Å². The topological polar surface area (TPSA) is 54.4 Å². The summed E-state index contributed by atoms with van der Waals surface area (Å²) < 4.78 is 0. The van der Waals surface area contributed by atoms with Crippen molar-refractivity contribution in [2.45, 2.75) is 33.6 Å². The molecule has 1 N–H and O–H groups in total. The molecule has 0 saturated carbocycles. The second kappa shape index (κ2) is 9.88. The fourth-order valence-corrected chi connectivity index (χ4v) is 5.02. The number of hydrogen-bond acceptors (Lipinski definition) is 4. The number of carbonyl (C=O) groups excluding carboxylic acids is 1. The fourth-order valence-electron chi connectivity index (χ4n) is 3.74. The standard InChI is InChI=1S/C27H27N3OS/c1-4-5-16-28-23(20-12-8-6-9-13-20)25-24(30-26(31)21-14-10-7-11-15-21)22-18(2)17-19(3)29-27(22)32-25/h6-15,17H,4-5,16H2,1-3H3,(H,30,31). The van der Waals surface area contributed by atoms with Crippen molar-refractivity contribution in [1.29, 1.82) is 0 Å². The van der Waals surface area contributed by atoms with Crippen LogP contribution in [0, 0.1) is 13.8 Å². The number of aliphatic imine (C=N–C) groups is 1. The molecule has 0 aliphatic carbocycles. The molecule has 0 aliphatic heterocycles. The molecular formula is C27H27N3OS. The van der Waals surface area contributed by atoms with Gasteiger partial charge in [0, 0.05) is 28.8 Å². The van der Waals surface area contributed by atoms with Gasteiger partial charge in [-0.05, 0) is 44.0 Å². The smallest absolute Gasteiger partial charge is 0.255 e. The molecular weight excluding hydrogens is 414 g/mol. The van der Waals surface area contributed by atoms with Gasteiger partial charge < -0.3 is 5.32 Å². The summed E-state index contributed by atoms with van der Waals surface area (Å²) in [6.45, 7) is 6.98. The normalized spacial score (nSPS) is 11.7. The average molecular weight is 442 g/mol. The third-order valence-corrected chi connectivity index (χ3v) is 6.40. The van der Waals surface area contributed by atoms with E-state index in [1.807, 2.05) is 55.5 Å². The molecule has 4 nitrogen and oxygen atoms in total. The summed E-state index contributed by atoms with van der Waals surface area (Å²) in [4.78, 5) is 24.8. The van der Waals surface area contributed by atoms with E-state index in [4.69, 9.17) is 9.98 Å². The van der Waals surface area contributed by atoms with Gasteiger partial charge in [-0.1, -0.05) is 61.9 Å². The highest BCUT2D eigenvalue weighted by molar-refractivity contribution is 7.21. The van der Waals surface area contributed by atoms with Gasteiger partial charge in [-0.25, -0.2) is 4.98 Å². The predicted molar refractivity (Wildman–Crippen MR) is 135 cm³/mol. The van der Waals surface area contributed by atoms with E-state index in [0.717, 1.165) is 62.7 Å². The summed E-state index contributed by atoms with van der Waals surface area (Å²) in [5.74, 6) is -0.132. The number of nitrogens with one attached hydrogen (secondary N) is 1. The highest BCUT2D eigenvalue weighted by Gasteiger charge is 2.22. The van der Waals surface area contributed by atoms with Crippen molar-refractivity contribution >= 4 is 38.9 Å². The van der Waals surface area contributed by atoms with Gasteiger partial charge >= 0.3 is 0 Å². The van der Waals surface area contributed by atoms with Crippen molar-refractivity contribution < 1.29 is 4.79 Å². The SMILES string of the molecule is CCCCN=C(c1ccccc1)c1sc2nc(C)cc(C)c2c1NC(=O)c1ccccc1. The van der Waals surface area contributed by atoms with E-state index in [0.29, 0.717) is 5.56 Å². The van der Waals surface area contributed by atoms with E-state index in [2.05, 4.69) is 37.4 Å². The van der Waals surface area contributed by atoms with Crippen LogP contribution in [-0.2, 0) is 0 Å². The molecule has 0 atom stereocenters. The van der Waals surface area contributed by atoms with Crippen LogP contribution in [0.4, 0.5) is 5.69 Å². The molecule has 4 rings (SSSR count). The maximum absolute atomic E-state index is 13.1. The number of rotatable bonds is 7. The second-order valence-electron chi connectivity index (χ2n) is 7.84. The Balaban J connectivity index is 1.90. The molecule has 0 saturated heterocycles. The number of anilines is 1. The maximum atomic E-state index is 13.1. The van der Waals surface area contributed by atoms with E-state index < -0.39 is 0 Å². The van der Waals surface area contributed by atoms with Crippen LogP contribution in [0.2, 0.25) is 0 Å². The van der Waals surface area contributed by atoms with Gasteiger partial charge in [0.2, 0.25) is 0 Å². The Labute approximate surface area is 193 Å². The first-order chi connectivity index (χ1) is 15.6. The molecule has 0 aliphatic rings. The first-order valence-electron chi connectivity index (χ1n) is 11.0. The van der Waals surface area contributed by atoms with E-state index in [-0.39, 0.29) is 5.91 Å². The zero-order valence-electron chi connectivity index (χ0n) is 18.7. The van der Waals surface area contributed by atoms with Gasteiger partial charge in [0.1, 0.15) is 4.83 Å². The molecule has 32 heavy (non-hydrogen) atoms. The molecule has 0 fully saturated rings. The Morgan fingerprint density at radius 3 is 2.31 bits per heavy atom. The van der Waals surface area contributed by atoms with Crippen molar-refractivity contribution in [3.05, 3.63) is 94.0 Å². The number of hydrogen-bond donors (Lipinski definition) is 1. The lowest BCUT2D eigenvalue weighted by Crippen LogP contribution is -2.14. The molecule has 162 valence electrons. The highest BCUT2D eigenvalue weighted by Crippen LogP contribution is 2.39. The summed E-state index contributed by atoms with van der Waals surface area (Å²) in [6, 6.07) is 21.6. The van der Waals surface area contributed by atoms with Gasteiger partial charge in [0.25, 0.3) is 5.91 Å². The fraction of sp³-hybridized carbons (Fsp3) is 0.222. The monoisotopic (exact) mass is 441 g/mol. The lowest BCUT2D eigenvalue weighted by molar-refractivity contribution is 0.102. The van der Waals surface area contributed by atoms with Crippen LogP contribution in [0.25, 0.3) is 10.2 Å². The lowest BCUT2D eigenvalue weighted by atomic mass is 10.0. The van der Waals surface area contributed by atoms with Crippen LogP contribution in [0.1, 0.15) is 51.8 Å². The molecule has 0 bridgehead atoms. The van der Waals surface area contributed by atoms with Gasteiger partial charge in [-0.2, -0.15) is 0 Å². The number of unbranched alkanes of at least 4 members (excludes halogenated alkanes) is 1. The summed E-state index contributed by atoms with van der Waals surface area (Å²) >= 11 is 1.59. The number of amides is 1. The molecule has 5 heteroatoms. The maximum Gasteiger partial charge on any atom is 0.255 e. The molecule has 2 aromatic carbocycles. The van der Waals surface area contributed by atoms with Gasteiger partial charge in [0.15, 0.2) is 0 Å². The Morgan fingerprint density at radius 2 is 1.66 bits per heavy atom. The number of fused-ring (bicyclic) bond motifs is 1. The van der Waals surface area contributed by atoms with E-state index in [1.54, 1.807) is 11.3 Å². The number of pyridine rings is 1. The molecule has 4 aromatic rings. The van der Waals surface area contributed by atoms with Crippen molar-refractivity contribution in [2.24, 2.45) is 4.99 Å². The van der Waals surface area contributed by atoms with Crippen LogP contribution in [0.5, 0.6) is 0 Å². The van der Waals surface area contributed by atoms with Crippen LogP contribution in [0.15, 0.2) is 71.7 Å². The van der Waals surface area contributed by atoms with Crippen LogP contribution < -0.4 is 5.32 Å².